The van der Waals surface area contributed by atoms with Gasteiger partial charge in [-0.1, -0.05) is 54.9 Å². The largest absolute Gasteiger partial charge is 0.356 e. The molecule has 0 aliphatic carbocycles. The first-order valence-corrected chi connectivity index (χ1v) is 13.1. The van der Waals surface area contributed by atoms with Crippen LogP contribution in [0.5, 0.6) is 0 Å². The summed E-state index contributed by atoms with van der Waals surface area (Å²) < 4.78 is 0. The molecule has 0 spiro atoms. The summed E-state index contributed by atoms with van der Waals surface area (Å²) in [6, 6.07) is 10.7. The lowest BCUT2D eigenvalue weighted by atomic mass is 10.1. The van der Waals surface area contributed by atoms with Gasteiger partial charge in [-0.25, -0.2) is 9.89 Å². The van der Waals surface area contributed by atoms with Crippen molar-refractivity contribution >= 4 is 51.9 Å². The van der Waals surface area contributed by atoms with Crippen LogP contribution in [0.1, 0.15) is 48.4 Å². The number of thioether (sulfide) groups is 1. The lowest BCUT2D eigenvalue weighted by Crippen LogP contribution is -2.42. The van der Waals surface area contributed by atoms with Crippen molar-refractivity contribution in [2.75, 3.05) is 17.6 Å². The average Bonchev–Trinajstić information content (AvgIpc) is 3.16. The van der Waals surface area contributed by atoms with E-state index in [4.69, 9.17) is 0 Å². The van der Waals surface area contributed by atoms with Crippen molar-refractivity contribution in [1.82, 2.24) is 10.2 Å². The first-order chi connectivity index (χ1) is 17.3. The molecule has 1 atom stereocenters. The van der Waals surface area contributed by atoms with E-state index in [9.17, 15) is 14.4 Å². The molecule has 2 aromatic carbocycles. The van der Waals surface area contributed by atoms with Crippen LogP contribution in [0.25, 0.3) is 0 Å². The Morgan fingerprint density at radius 1 is 1.08 bits per heavy atom. The van der Waals surface area contributed by atoms with E-state index in [0.717, 1.165) is 40.8 Å². The number of aryl methyl sites for hydroxylation is 3. The minimum Gasteiger partial charge on any atom is -0.356 e. The fraction of sp³-hybridized carbons (Fsp3) is 0.370. The maximum absolute atomic E-state index is 13.3. The minimum absolute atomic E-state index is 0.0187. The van der Waals surface area contributed by atoms with Gasteiger partial charge in [-0.05, 0) is 50.5 Å². The number of aliphatic imine (C=N–C) groups is 2. The molecule has 2 N–H and O–H groups in total. The number of para-hydroxylation sites is 1. The molecular formula is C27H31N5O3S. The SMILES string of the molecule is CCCCNC(=O)C[C@H]1N=C2c3ccccc3N=C(SCC(=O)Nc3c(C)cc(C)cc3C)N2C1=O. The molecule has 9 heteroatoms. The average molecular weight is 506 g/mol. The zero-order chi connectivity index (χ0) is 25.8. The summed E-state index contributed by atoms with van der Waals surface area (Å²) in [7, 11) is 0. The lowest BCUT2D eigenvalue weighted by molar-refractivity contribution is -0.128. The van der Waals surface area contributed by atoms with Crippen molar-refractivity contribution < 1.29 is 14.4 Å². The second kappa shape index (κ2) is 11.1. The normalized spacial score (nSPS) is 16.2. The van der Waals surface area contributed by atoms with Crippen molar-refractivity contribution in [3.8, 4) is 0 Å². The zero-order valence-corrected chi connectivity index (χ0v) is 21.9. The summed E-state index contributed by atoms with van der Waals surface area (Å²) in [5.41, 5.74) is 5.36. The van der Waals surface area contributed by atoms with Crippen molar-refractivity contribution in [3.63, 3.8) is 0 Å². The highest BCUT2D eigenvalue weighted by Crippen LogP contribution is 2.34. The number of nitrogens with zero attached hydrogens (tertiary/aromatic N) is 3. The molecule has 2 aromatic rings. The van der Waals surface area contributed by atoms with Crippen LogP contribution in [-0.2, 0) is 14.4 Å². The Labute approximate surface area is 215 Å². The highest BCUT2D eigenvalue weighted by molar-refractivity contribution is 8.14. The van der Waals surface area contributed by atoms with Gasteiger partial charge >= 0.3 is 0 Å². The predicted octanol–water partition coefficient (Wildman–Crippen LogP) is 4.25. The molecule has 188 valence electrons. The summed E-state index contributed by atoms with van der Waals surface area (Å²) in [5.74, 6) is -0.137. The number of unbranched alkanes of at least 4 members (excludes halogenated alkanes) is 1. The number of carbonyl (C=O) groups is 3. The first-order valence-electron chi connectivity index (χ1n) is 12.2. The van der Waals surface area contributed by atoms with E-state index in [-0.39, 0.29) is 29.9 Å². The van der Waals surface area contributed by atoms with Gasteiger partial charge in [-0.2, -0.15) is 0 Å². The molecule has 0 unspecified atom stereocenters. The maximum atomic E-state index is 13.3. The molecule has 3 amide bonds. The van der Waals surface area contributed by atoms with Crippen LogP contribution in [0.3, 0.4) is 0 Å². The third-order valence-corrected chi connectivity index (χ3v) is 6.99. The molecule has 2 aliphatic rings. The number of hydrogen-bond acceptors (Lipinski definition) is 6. The van der Waals surface area contributed by atoms with Crippen molar-refractivity contribution in [3.05, 3.63) is 58.7 Å². The fourth-order valence-electron chi connectivity index (χ4n) is 4.37. The number of amidine groups is 2. The van der Waals surface area contributed by atoms with E-state index in [2.05, 4.69) is 27.5 Å². The predicted molar refractivity (Wildman–Crippen MR) is 145 cm³/mol. The Morgan fingerprint density at radius 2 is 1.81 bits per heavy atom. The Bertz CT molecular complexity index is 1250. The molecule has 0 bridgehead atoms. The summed E-state index contributed by atoms with van der Waals surface area (Å²) >= 11 is 1.18. The summed E-state index contributed by atoms with van der Waals surface area (Å²) in [4.78, 5) is 49.2. The maximum Gasteiger partial charge on any atom is 0.259 e. The molecule has 0 fully saturated rings. The van der Waals surface area contributed by atoms with Crippen LogP contribution >= 0.6 is 11.8 Å². The van der Waals surface area contributed by atoms with Gasteiger partial charge in [0.1, 0.15) is 11.9 Å². The van der Waals surface area contributed by atoms with E-state index >= 15 is 0 Å². The second-order valence-corrected chi connectivity index (χ2v) is 10.0. The topological polar surface area (TPSA) is 103 Å². The minimum atomic E-state index is -0.815. The van der Waals surface area contributed by atoms with Crippen LogP contribution < -0.4 is 10.6 Å². The first kappa shape index (κ1) is 25.6. The Morgan fingerprint density at radius 3 is 2.53 bits per heavy atom. The number of fused-ring (bicyclic) bond motifs is 3. The molecule has 2 heterocycles. The van der Waals surface area contributed by atoms with Crippen LogP contribution in [0.2, 0.25) is 0 Å². The molecule has 2 aliphatic heterocycles. The highest BCUT2D eigenvalue weighted by Gasteiger charge is 2.42. The van der Waals surface area contributed by atoms with Crippen molar-refractivity contribution in [2.24, 2.45) is 9.98 Å². The zero-order valence-electron chi connectivity index (χ0n) is 21.1. The van der Waals surface area contributed by atoms with E-state index in [1.54, 1.807) is 0 Å². The Kier molecular flexibility index (Phi) is 7.88. The molecule has 4 rings (SSSR count). The van der Waals surface area contributed by atoms with Crippen LogP contribution in [0.4, 0.5) is 11.4 Å². The van der Waals surface area contributed by atoms with Gasteiger partial charge < -0.3 is 10.6 Å². The van der Waals surface area contributed by atoms with Crippen LogP contribution in [0.15, 0.2) is 46.4 Å². The lowest BCUT2D eigenvalue weighted by Gasteiger charge is -2.25. The standard InChI is InChI=1S/C27H31N5O3S/c1-5-6-11-28-22(33)14-21-26(35)32-25(29-21)19-9-7-8-10-20(19)30-27(32)36-15-23(34)31-24-17(3)12-16(2)13-18(24)4/h7-10,12-13,21H,5-6,11,14-15H2,1-4H3,(H,28,33)(H,31,34)/t21-/m1/s1. The number of anilines is 1. The number of carbonyl (C=O) groups excluding carboxylic acids is 3. The number of nitrogens with one attached hydrogen (secondary N) is 2. The molecule has 0 saturated carbocycles. The van der Waals surface area contributed by atoms with E-state index in [1.165, 1.54) is 16.7 Å². The van der Waals surface area contributed by atoms with E-state index in [0.29, 0.717) is 23.2 Å². The highest BCUT2D eigenvalue weighted by atomic mass is 32.2. The quantitative estimate of drug-likeness (QED) is 0.524. The number of benzene rings is 2. The third kappa shape index (κ3) is 5.51. The van der Waals surface area contributed by atoms with E-state index in [1.807, 2.05) is 57.2 Å². The molecule has 8 nitrogen and oxygen atoms in total. The van der Waals surface area contributed by atoms with Gasteiger partial charge in [0, 0.05) is 17.8 Å². The van der Waals surface area contributed by atoms with Crippen molar-refractivity contribution in [2.45, 2.75) is 53.0 Å². The second-order valence-electron chi connectivity index (χ2n) is 9.07. The van der Waals surface area contributed by atoms with Crippen LogP contribution in [0, 0.1) is 20.8 Å². The van der Waals surface area contributed by atoms with Gasteiger partial charge in [0.15, 0.2) is 5.17 Å². The molecular weight excluding hydrogens is 474 g/mol. The summed E-state index contributed by atoms with van der Waals surface area (Å²) in [6.45, 7) is 8.59. The van der Waals surface area contributed by atoms with Gasteiger partial charge in [-0.15, -0.1) is 0 Å². The smallest absolute Gasteiger partial charge is 0.259 e. The summed E-state index contributed by atoms with van der Waals surface area (Å²) in [5, 5.41) is 6.23. The number of amides is 3. The third-order valence-electron chi connectivity index (χ3n) is 6.05. The monoisotopic (exact) mass is 505 g/mol. The number of hydrogen-bond donors (Lipinski definition) is 2. The molecule has 36 heavy (non-hydrogen) atoms. The van der Waals surface area contributed by atoms with E-state index < -0.39 is 6.04 Å². The van der Waals surface area contributed by atoms with Gasteiger partial charge in [-0.3, -0.25) is 19.4 Å². The fourth-order valence-corrected chi connectivity index (χ4v) is 5.17. The molecule has 0 aromatic heterocycles. The Hall–Kier alpha value is -3.46. The van der Waals surface area contributed by atoms with Gasteiger partial charge in [0.05, 0.1) is 17.9 Å². The van der Waals surface area contributed by atoms with Crippen molar-refractivity contribution in [1.29, 1.82) is 0 Å². The molecule has 0 radical (unpaired) electrons. The number of rotatable bonds is 8. The molecule has 0 saturated heterocycles. The van der Waals surface area contributed by atoms with Gasteiger partial charge in [0.2, 0.25) is 11.8 Å². The summed E-state index contributed by atoms with van der Waals surface area (Å²) in [6.07, 6.45) is 1.84. The Balaban J connectivity index is 1.50. The van der Waals surface area contributed by atoms with Gasteiger partial charge in [0.25, 0.3) is 5.91 Å². The van der Waals surface area contributed by atoms with Crippen LogP contribution in [-0.4, -0.2) is 52.0 Å².